The van der Waals surface area contributed by atoms with Crippen LogP contribution in [0.4, 0.5) is 0 Å². The summed E-state index contributed by atoms with van der Waals surface area (Å²) in [7, 11) is 1.47. The number of phosphoric acid groups is 1. The Bertz CT molecular complexity index is 1670. The first-order chi connectivity index (χ1) is 39.0. The van der Waals surface area contributed by atoms with Crippen molar-refractivity contribution in [1.29, 1.82) is 0 Å². The van der Waals surface area contributed by atoms with Gasteiger partial charge in [-0.3, -0.25) is 18.6 Å². The van der Waals surface area contributed by atoms with Crippen LogP contribution in [-0.2, 0) is 32.7 Å². The Balaban J connectivity index is 4.07. The van der Waals surface area contributed by atoms with Gasteiger partial charge in [0.05, 0.1) is 27.7 Å². The molecule has 0 aromatic heterocycles. The fraction of sp³-hybridized carbons (Fsp3) is 0.743. The van der Waals surface area contributed by atoms with E-state index in [-0.39, 0.29) is 32.0 Å². The Hall–Kier alpha value is -3.07. The topological polar surface area (TPSA) is 108 Å². The number of carbonyl (C=O) groups is 2. The van der Waals surface area contributed by atoms with Gasteiger partial charge in [0.1, 0.15) is 19.8 Å². The smallest absolute Gasteiger partial charge is 0.462 e. The molecule has 0 rings (SSSR count). The molecule has 0 saturated heterocycles. The summed E-state index contributed by atoms with van der Waals surface area (Å²) in [6, 6.07) is 0. The van der Waals surface area contributed by atoms with Crippen LogP contribution in [-0.4, -0.2) is 74.9 Å². The van der Waals surface area contributed by atoms with Gasteiger partial charge in [-0.15, -0.1) is 0 Å². The number of likely N-dealkylation sites (N-methyl/N-ethyl adjacent to an activating group) is 1. The van der Waals surface area contributed by atoms with Crippen molar-refractivity contribution < 1.29 is 42.1 Å². The van der Waals surface area contributed by atoms with Gasteiger partial charge < -0.3 is 18.9 Å². The molecule has 0 amide bonds. The third kappa shape index (κ3) is 64.1. The van der Waals surface area contributed by atoms with Crippen molar-refractivity contribution >= 4 is 19.8 Å². The van der Waals surface area contributed by atoms with Crippen LogP contribution in [0, 0.1) is 0 Å². The lowest BCUT2D eigenvalue weighted by Gasteiger charge is -2.24. The molecule has 2 atom stereocenters. The molecule has 0 aliphatic carbocycles. The number of hydrogen-bond donors (Lipinski definition) is 1. The lowest BCUT2D eigenvalue weighted by Crippen LogP contribution is -2.37. The molecule has 9 nitrogen and oxygen atoms in total. The van der Waals surface area contributed by atoms with Crippen molar-refractivity contribution in [2.75, 3.05) is 47.5 Å². The van der Waals surface area contributed by atoms with Crippen molar-refractivity contribution in [3.8, 4) is 0 Å². The second-order valence-corrected chi connectivity index (χ2v) is 24.6. The highest BCUT2D eigenvalue weighted by Crippen LogP contribution is 2.43. The number of rotatable bonds is 60. The van der Waals surface area contributed by atoms with E-state index in [1.54, 1.807) is 0 Å². The fourth-order valence-electron chi connectivity index (χ4n) is 9.05. The number of hydrogen-bond acceptors (Lipinski definition) is 7. The van der Waals surface area contributed by atoms with Crippen molar-refractivity contribution in [2.24, 2.45) is 0 Å². The fourth-order valence-corrected chi connectivity index (χ4v) is 9.79. The van der Waals surface area contributed by atoms with Gasteiger partial charge in [0.2, 0.25) is 0 Å². The molecule has 0 heterocycles. The Labute approximate surface area is 493 Å². The third-order valence-corrected chi connectivity index (χ3v) is 15.1. The van der Waals surface area contributed by atoms with Crippen molar-refractivity contribution in [3.63, 3.8) is 0 Å². The highest BCUT2D eigenvalue weighted by atomic mass is 31.2. The minimum Gasteiger partial charge on any atom is -0.462 e. The average Bonchev–Trinajstić information content (AvgIpc) is 3.42. The number of unbranched alkanes of at least 4 members (excludes halogenated alkanes) is 30. The maximum Gasteiger partial charge on any atom is 0.472 e. The van der Waals surface area contributed by atoms with Gasteiger partial charge in [0.25, 0.3) is 0 Å². The highest BCUT2D eigenvalue weighted by Gasteiger charge is 2.27. The Kier molecular flexibility index (Phi) is 58.2. The average molecular weight is 1140 g/mol. The molecule has 2 unspecified atom stereocenters. The normalized spacial score (nSPS) is 13.8. The molecule has 80 heavy (non-hydrogen) atoms. The highest BCUT2D eigenvalue weighted by molar-refractivity contribution is 7.47. The van der Waals surface area contributed by atoms with Crippen molar-refractivity contribution in [1.82, 2.24) is 0 Å². The number of phosphoric ester groups is 1. The summed E-state index contributed by atoms with van der Waals surface area (Å²) in [5, 5.41) is 0. The largest absolute Gasteiger partial charge is 0.472 e. The first-order valence-electron chi connectivity index (χ1n) is 33.0. The standard InChI is InChI=1S/C70H124NO8P/c1-6-8-10-12-14-16-18-20-22-24-26-28-30-31-32-33-34-35-36-37-38-39-41-42-44-46-48-50-52-54-56-58-60-62-69(72)76-66-68(67-78-80(74,75)77-65-64-71(3,4)5)79-70(73)63-61-59-57-55-53-51-49-47-45-43-40-29-27-25-23-21-19-17-15-13-11-9-7-2/h9,11,15,17-18,20-21,23-24,26-27,29-31,43,45,68H,6-8,10,12-14,16,19,22,25,28,32-42,44,46-67H2,1-5H3/p+1/b11-9-,17-15-,20-18-,23-21-,26-24-,29-27-,31-30-,45-43-. The number of carbonyl (C=O) groups excluding carboxylic acids is 2. The first kappa shape index (κ1) is 76.9. The minimum absolute atomic E-state index is 0.0258. The molecule has 0 aromatic rings. The van der Waals surface area contributed by atoms with Gasteiger partial charge in [0.15, 0.2) is 6.10 Å². The SMILES string of the molecule is CC/C=C\C/C=C\C/C=C\C/C=C\C/C=C\CCCCCCCCCC(=O)OC(COC(=O)CCCCCCCCCCCCCCCCCCCC/C=C\C/C=C\C/C=C\CCCCCCC)COP(=O)(O)OCC[N+](C)(C)C. The van der Waals surface area contributed by atoms with Crippen LogP contribution in [0.25, 0.3) is 0 Å². The predicted molar refractivity (Wildman–Crippen MR) is 344 cm³/mol. The van der Waals surface area contributed by atoms with Gasteiger partial charge in [-0.2, -0.15) is 0 Å². The second kappa shape index (κ2) is 60.5. The third-order valence-electron chi connectivity index (χ3n) is 14.1. The summed E-state index contributed by atoms with van der Waals surface area (Å²) < 4.78 is 34.7. The predicted octanol–water partition coefficient (Wildman–Crippen LogP) is 21.2. The van der Waals surface area contributed by atoms with E-state index in [0.29, 0.717) is 17.4 Å². The zero-order chi connectivity index (χ0) is 58.4. The van der Waals surface area contributed by atoms with E-state index in [1.807, 2.05) is 21.1 Å². The Morgan fingerprint density at radius 1 is 0.400 bits per heavy atom. The molecule has 0 aliphatic rings. The summed E-state index contributed by atoms with van der Waals surface area (Å²) >= 11 is 0. The van der Waals surface area contributed by atoms with E-state index in [9.17, 15) is 19.0 Å². The van der Waals surface area contributed by atoms with Crippen molar-refractivity contribution in [3.05, 3.63) is 97.2 Å². The van der Waals surface area contributed by atoms with E-state index in [0.717, 1.165) is 89.9 Å². The van der Waals surface area contributed by atoms with Crippen molar-refractivity contribution in [2.45, 2.75) is 290 Å². The quantitative estimate of drug-likeness (QED) is 0.0211. The second-order valence-electron chi connectivity index (χ2n) is 23.1. The molecule has 0 aromatic carbocycles. The van der Waals surface area contributed by atoms with Crippen LogP contribution < -0.4 is 0 Å². The van der Waals surface area contributed by atoms with Gasteiger partial charge in [0, 0.05) is 12.8 Å². The monoisotopic (exact) mass is 1140 g/mol. The minimum atomic E-state index is -4.40. The van der Waals surface area contributed by atoms with Gasteiger partial charge in [-0.1, -0.05) is 272 Å². The number of esters is 2. The summed E-state index contributed by atoms with van der Waals surface area (Å²) in [6.07, 6.45) is 83.5. The molecule has 1 N–H and O–H groups in total. The number of nitrogens with zero attached hydrogens (tertiary/aromatic N) is 1. The summed E-state index contributed by atoms with van der Waals surface area (Å²) in [5.74, 6) is -0.806. The van der Waals surface area contributed by atoms with Crippen LogP contribution in [0.1, 0.15) is 284 Å². The molecule has 0 radical (unpaired) electrons. The maximum absolute atomic E-state index is 12.8. The lowest BCUT2D eigenvalue weighted by molar-refractivity contribution is -0.870. The van der Waals surface area contributed by atoms with Gasteiger partial charge >= 0.3 is 19.8 Å². The molecule has 0 fully saturated rings. The van der Waals surface area contributed by atoms with Crippen LogP contribution in [0.5, 0.6) is 0 Å². The van der Waals surface area contributed by atoms with E-state index in [4.69, 9.17) is 18.5 Å². The lowest BCUT2D eigenvalue weighted by atomic mass is 10.0. The van der Waals surface area contributed by atoms with Crippen LogP contribution in [0.3, 0.4) is 0 Å². The van der Waals surface area contributed by atoms with E-state index >= 15 is 0 Å². The van der Waals surface area contributed by atoms with Crippen LogP contribution in [0.2, 0.25) is 0 Å². The first-order valence-corrected chi connectivity index (χ1v) is 34.5. The molecular weight excluding hydrogens is 1010 g/mol. The van der Waals surface area contributed by atoms with Crippen LogP contribution in [0.15, 0.2) is 97.2 Å². The number of ether oxygens (including phenoxy) is 2. The molecule has 0 saturated carbocycles. The molecule has 0 spiro atoms. The zero-order valence-corrected chi connectivity index (χ0v) is 53.4. The van der Waals surface area contributed by atoms with Gasteiger partial charge in [-0.05, 0) is 96.3 Å². The maximum atomic E-state index is 12.8. The molecule has 10 heteroatoms. The van der Waals surface area contributed by atoms with Crippen LogP contribution >= 0.6 is 7.82 Å². The van der Waals surface area contributed by atoms with Gasteiger partial charge in [-0.25, -0.2) is 4.57 Å². The summed E-state index contributed by atoms with van der Waals surface area (Å²) in [6.45, 7) is 4.31. The number of quaternary nitrogens is 1. The molecule has 462 valence electrons. The Morgan fingerprint density at radius 3 is 1.06 bits per heavy atom. The zero-order valence-electron chi connectivity index (χ0n) is 52.5. The summed E-state index contributed by atoms with van der Waals surface area (Å²) in [5.41, 5.74) is 0. The molecule has 0 aliphatic heterocycles. The Morgan fingerprint density at radius 2 is 0.713 bits per heavy atom. The van der Waals surface area contributed by atoms with E-state index in [1.165, 1.54) is 161 Å². The molecular formula is C70H125NO8P+. The number of allylic oxidation sites excluding steroid dienone is 16. The van der Waals surface area contributed by atoms with E-state index in [2.05, 4.69) is 111 Å². The molecule has 0 bridgehead atoms. The van der Waals surface area contributed by atoms with E-state index < -0.39 is 26.5 Å². The summed E-state index contributed by atoms with van der Waals surface area (Å²) in [4.78, 5) is 35.8.